The van der Waals surface area contributed by atoms with Gasteiger partial charge in [-0.3, -0.25) is 9.69 Å². The Kier molecular flexibility index (Phi) is 6.17. The zero-order valence-electron chi connectivity index (χ0n) is 17.3. The number of hydrogen-bond acceptors (Lipinski definition) is 5. The second kappa shape index (κ2) is 9.01. The van der Waals surface area contributed by atoms with Gasteiger partial charge in [0, 0.05) is 48.8 Å². The minimum absolute atomic E-state index is 0.170. The fourth-order valence-electron chi connectivity index (χ4n) is 3.60. The number of rotatable bonds is 6. The molecule has 4 rings (SSSR count). The highest BCUT2D eigenvalue weighted by Crippen LogP contribution is 2.18. The van der Waals surface area contributed by atoms with E-state index in [1.165, 1.54) is 4.31 Å². The maximum Gasteiger partial charge on any atom is 0.254 e. The van der Waals surface area contributed by atoms with Crippen molar-refractivity contribution in [3.8, 4) is 0 Å². The van der Waals surface area contributed by atoms with Crippen molar-refractivity contribution >= 4 is 33.0 Å². The summed E-state index contributed by atoms with van der Waals surface area (Å²) >= 11 is 0. The molecule has 0 spiro atoms. The van der Waals surface area contributed by atoms with Crippen molar-refractivity contribution in [3.63, 3.8) is 0 Å². The van der Waals surface area contributed by atoms with Crippen LogP contribution in [-0.2, 0) is 14.8 Å². The van der Waals surface area contributed by atoms with Gasteiger partial charge in [0.15, 0.2) is 0 Å². The molecule has 0 aliphatic carbocycles. The second-order valence-corrected chi connectivity index (χ2v) is 9.51. The Morgan fingerprint density at radius 2 is 1.81 bits per heavy atom. The number of nitrogens with zero attached hydrogens (tertiary/aromatic N) is 3. The molecule has 0 atom stereocenters. The zero-order chi connectivity index (χ0) is 21.8. The Labute approximate surface area is 181 Å². The van der Waals surface area contributed by atoms with Gasteiger partial charge in [0.2, 0.25) is 10.0 Å². The van der Waals surface area contributed by atoms with Crippen LogP contribution in [0.15, 0.2) is 64.7 Å². The molecule has 0 unspecified atom stereocenters. The van der Waals surface area contributed by atoms with Crippen LogP contribution >= 0.6 is 0 Å². The molecular weight excluding hydrogens is 414 g/mol. The summed E-state index contributed by atoms with van der Waals surface area (Å²) in [6, 6.07) is 14.7. The number of benzene rings is 2. The summed E-state index contributed by atoms with van der Waals surface area (Å²) in [6.07, 6.45) is 3.46. The highest BCUT2D eigenvalue weighted by atomic mass is 32.2. The van der Waals surface area contributed by atoms with E-state index in [2.05, 4.69) is 15.5 Å². The molecule has 1 amide bonds. The maximum atomic E-state index is 12.8. The summed E-state index contributed by atoms with van der Waals surface area (Å²) in [6.45, 7) is 3.77. The third-order valence-corrected chi connectivity index (χ3v) is 7.28. The number of hydrazone groups is 1. The minimum Gasteiger partial charge on any atom is -0.361 e. The number of aryl methyl sites for hydroxylation is 1. The number of H-pyrrole nitrogens is 1. The van der Waals surface area contributed by atoms with Gasteiger partial charge in [-0.1, -0.05) is 35.9 Å². The molecule has 9 heteroatoms. The molecule has 2 aromatic carbocycles. The molecule has 2 N–H and O–H groups in total. The first kappa shape index (κ1) is 21.2. The summed E-state index contributed by atoms with van der Waals surface area (Å²) in [5, 5.41) is 5.09. The summed E-state index contributed by atoms with van der Waals surface area (Å²) in [5.74, 6) is -0.231. The number of nitrogens with one attached hydrogen (secondary N) is 2. The van der Waals surface area contributed by atoms with Gasteiger partial charge < -0.3 is 4.98 Å². The summed E-state index contributed by atoms with van der Waals surface area (Å²) in [4.78, 5) is 17.6. The largest absolute Gasteiger partial charge is 0.361 e. The Hall–Kier alpha value is -3.01. The van der Waals surface area contributed by atoms with E-state index in [4.69, 9.17) is 0 Å². The number of aromatic nitrogens is 1. The summed E-state index contributed by atoms with van der Waals surface area (Å²) < 4.78 is 27.0. The van der Waals surface area contributed by atoms with E-state index >= 15 is 0 Å². The van der Waals surface area contributed by atoms with Crippen molar-refractivity contribution in [2.24, 2.45) is 5.10 Å². The molecule has 0 bridgehead atoms. The predicted octanol–water partition coefficient (Wildman–Crippen LogP) is 1.93. The second-order valence-electron chi connectivity index (χ2n) is 7.58. The van der Waals surface area contributed by atoms with Gasteiger partial charge in [-0.05, 0) is 25.1 Å². The number of piperazine rings is 1. The molecule has 0 saturated carbocycles. The van der Waals surface area contributed by atoms with E-state index < -0.39 is 10.0 Å². The molecule has 1 aromatic heterocycles. The fourth-order valence-corrected chi connectivity index (χ4v) is 5.02. The molecule has 1 saturated heterocycles. The van der Waals surface area contributed by atoms with E-state index in [1.807, 2.05) is 42.3 Å². The summed E-state index contributed by atoms with van der Waals surface area (Å²) in [7, 11) is -3.51. The van der Waals surface area contributed by atoms with Crippen LogP contribution in [-0.4, -0.2) is 67.5 Å². The highest BCUT2D eigenvalue weighted by Gasteiger charge is 2.28. The lowest BCUT2D eigenvalue weighted by molar-refractivity contribution is -0.122. The average molecular weight is 440 g/mol. The van der Waals surface area contributed by atoms with Gasteiger partial charge in [0.25, 0.3) is 5.91 Å². The van der Waals surface area contributed by atoms with Gasteiger partial charge >= 0.3 is 0 Å². The Bertz CT molecular complexity index is 1190. The number of sulfonamides is 1. The molecular formula is C22H25N5O3S. The number of carbonyl (C=O) groups excluding carboxylic acids is 1. The lowest BCUT2D eigenvalue weighted by Crippen LogP contribution is -2.50. The molecule has 2 heterocycles. The van der Waals surface area contributed by atoms with Crippen molar-refractivity contribution < 1.29 is 13.2 Å². The molecule has 8 nitrogen and oxygen atoms in total. The van der Waals surface area contributed by atoms with Crippen molar-refractivity contribution in [1.29, 1.82) is 0 Å². The van der Waals surface area contributed by atoms with Gasteiger partial charge in [0.05, 0.1) is 17.7 Å². The fraction of sp³-hybridized carbons (Fsp3) is 0.273. The third kappa shape index (κ3) is 4.84. The van der Waals surface area contributed by atoms with E-state index in [0.29, 0.717) is 31.1 Å². The van der Waals surface area contributed by atoms with Crippen molar-refractivity contribution in [1.82, 2.24) is 19.6 Å². The maximum absolute atomic E-state index is 12.8. The Morgan fingerprint density at radius 3 is 2.55 bits per heavy atom. The Balaban J connectivity index is 1.27. The number of carbonyl (C=O) groups is 1. The number of fused-ring (bicyclic) bond motifs is 1. The quantitative estimate of drug-likeness (QED) is 0.453. The normalized spacial score (nSPS) is 16.2. The van der Waals surface area contributed by atoms with Crippen LogP contribution in [0.1, 0.15) is 11.1 Å². The first-order valence-electron chi connectivity index (χ1n) is 10.1. The molecule has 1 aliphatic heterocycles. The van der Waals surface area contributed by atoms with Crippen molar-refractivity contribution in [3.05, 3.63) is 65.9 Å². The van der Waals surface area contributed by atoms with Gasteiger partial charge in [-0.15, -0.1) is 0 Å². The molecule has 1 fully saturated rings. The number of aromatic amines is 1. The number of para-hydroxylation sites is 1. The zero-order valence-corrected chi connectivity index (χ0v) is 18.1. The van der Waals surface area contributed by atoms with Crippen LogP contribution in [0.25, 0.3) is 10.9 Å². The van der Waals surface area contributed by atoms with Crippen molar-refractivity contribution in [2.45, 2.75) is 11.8 Å². The average Bonchev–Trinajstić information content (AvgIpc) is 3.18. The molecule has 0 radical (unpaired) electrons. The van der Waals surface area contributed by atoms with E-state index in [0.717, 1.165) is 22.0 Å². The van der Waals surface area contributed by atoms with Crippen LogP contribution < -0.4 is 5.43 Å². The Morgan fingerprint density at radius 1 is 1.10 bits per heavy atom. The third-order valence-electron chi connectivity index (χ3n) is 5.37. The van der Waals surface area contributed by atoms with Gasteiger partial charge in [0.1, 0.15) is 0 Å². The SMILES string of the molecule is Cc1ccc(S(=O)(=O)N2CCN(CC(=O)NN=Cc3c[nH]c4ccccc34)CC2)cc1. The van der Waals surface area contributed by atoms with E-state index in [1.54, 1.807) is 30.5 Å². The highest BCUT2D eigenvalue weighted by molar-refractivity contribution is 7.89. The number of amides is 1. The summed E-state index contributed by atoms with van der Waals surface area (Å²) in [5.41, 5.74) is 5.47. The van der Waals surface area contributed by atoms with Crippen LogP contribution in [0.4, 0.5) is 0 Å². The predicted molar refractivity (Wildman–Crippen MR) is 120 cm³/mol. The standard InChI is InChI=1S/C22H25N5O3S/c1-17-6-8-19(9-7-17)31(29,30)27-12-10-26(11-13-27)16-22(28)25-24-15-18-14-23-21-5-3-2-4-20(18)21/h2-9,14-15,23H,10-13,16H2,1H3,(H,25,28). The molecule has 162 valence electrons. The topological polar surface area (TPSA) is 97.9 Å². The van der Waals surface area contributed by atoms with E-state index in [-0.39, 0.29) is 12.5 Å². The van der Waals surface area contributed by atoms with Crippen LogP contribution in [0.3, 0.4) is 0 Å². The first-order chi connectivity index (χ1) is 14.9. The lowest BCUT2D eigenvalue weighted by Gasteiger charge is -2.33. The number of hydrogen-bond donors (Lipinski definition) is 2. The van der Waals surface area contributed by atoms with Crippen molar-refractivity contribution in [2.75, 3.05) is 32.7 Å². The minimum atomic E-state index is -3.51. The first-order valence-corrected chi connectivity index (χ1v) is 11.5. The molecule has 1 aliphatic rings. The van der Waals surface area contributed by atoms with Crippen LogP contribution in [0.2, 0.25) is 0 Å². The van der Waals surface area contributed by atoms with Crippen LogP contribution in [0.5, 0.6) is 0 Å². The van der Waals surface area contributed by atoms with Gasteiger partial charge in [-0.25, -0.2) is 13.8 Å². The molecule has 31 heavy (non-hydrogen) atoms. The van der Waals surface area contributed by atoms with E-state index in [9.17, 15) is 13.2 Å². The van der Waals surface area contributed by atoms with Gasteiger partial charge in [-0.2, -0.15) is 9.41 Å². The smallest absolute Gasteiger partial charge is 0.254 e. The monoisotopic (exact) mass is 439 g/mol. The lowest BCUT2D eigenvalue weighted by atomic mass is 10.2. The molecule has 3 aromatic rings. The van der Waals surface area contributed by atoms with Crippen LogP contribution in [0, 0.1) is 6.92 Å².